The van der Waals surface area contributed by atoms with E-state index in [0.717, 1.165) is 11.1 Å². The second-order valence-corrected chi connectivity index (χ2v) is 3.48. The van der Waals surface area contributed by atoms with E-state index >= 15 is 0 Å². The van der Waals surface area contributed by atoms with Gasteiger partial charge in [0.1, 0.15) is 5.52 Å². The van der Waals surface area contributed by atoms with Gasteiger partial charge in [0.2, 0.25) is 5.91 Å². The first-order valence-electron chi connectivity index (χ1n) is 5.13. The van der Waals surface area contributed by atoms with Gasteiger partial charge in [-0.2, -0.15) is 4.98 Å². The fraction of sp³-hybridized carbons (Fsp3) is 0.273. The zero-order chi connectivity index (χ0) is 11.4. The summed E-state index contributed by atoms with van der Waals surface area (Å²) in [6.07, 6.45) is 1.04. The van der Waals surface area contributed by atoms with Crippen molar-refractivity contribution in [1.29, 1.82) is 0 Å². The monoisotopic (exact) mass is 219 g/mol. The maximum atomic E-state index is 10.5. The minimum atomic E-state index is -0.292. The topological polar surface area (TPSA) is 81.2 Å². The average Bonchev–Trinajstić information content (AvgIpc) is 2.66. The summed E-state index contributed by atoms with van der Waals surface area (Å²) in [5.74, 6) is -0.292. The molecule has 0 fully saturated rings. The fourth-order valence-corrected chi connectivity index (χ4v) is 1.41. The molecule has 0 aliphatic rings. The van der Waals surface area contributed by atoms with Gasteiger partial charge in [0.05, 0.1) is 0 Å². The number of oxazole rings is 1. The lowest BCUT2D eigenvalue weighted by molar-refractivity contribution is -0.118. The maximum Gasteiger partial charge on any atom is 0.295 e. The highest BCUT2D eigenvalue weighted by atomic mass is 16.4. The highest BCUT2D eigenvalue weighted by Gasteiger charge is 2.03. The van der Waals surface area contributed by atoms with E-state index in [9.17, 15) is 4.79 Å². The molecule has 3 N–H and O–H groups in total. The Bertz CT molecular complexity index is 460. The van der Waals surface area contributed by atoms with Gasteiger partial charge in [-0.3, -0.25) is 4.79 Å². The van der Waals surface area contributed by atoms with Crippen molar-refractivity contribution in [3.05, 3.63) is 24.3 Å². The number of hydrogen-bond acceptors (Lipinski definition) is 4. The molecular formula is C11H13N3O2. The normalized spacial score (nSPS) is 10.5. The zero-order valence-corrected chi connectivity index (χ0v) is 8.77. The van der Waals surface area contributed by atoms with Gasteiger partial charge < -0.3 is 15.5 Å². The Morgan fingerprint density at radius 2 is 2.25 bits per heavy atom. The lowest BCUT2D eigenvalue weighted by atomic mass is 10.3. The summed E-state index contributed by atoms with van der Waals surface area (Å²) in [4.78, 5) is 14.7. The van der Waals surface area contributed by atoms with E-state index in [0.29, 0.717) is 25.4 Å². The third-order valence-electron chi connectivity index (χ3n) is 2.17. The number of aromatic nitrogens is 1. The number of fused-ring (bicyclic) bond motifs is 1. The number of amides is 1. The molecule has 0 bridgehead atoms. The van der Waals surface area contributed by atoms with Gasteiger partial charge in [-0.25, -0.2) is 0 Å². The first kappa shape index (κ1) is 10.5. The number of hydrogen-bond donors (Lipinski definition) is 2. The summed E-state index contributed by atoms with van der Waals surface area (Å²) in [6, 6.07) is 8.02. The van der Waals surface area contributed by atoms with Gasteiger partial charge in [0.15, 0.2) is 5.58 Å². The van der Waals surface area contributed by atoms with Crippen LogP contribution in [0.15, 0.2) is 28.7 Å². The molecule has 0 unspecified atom stereocenters. The van der Waals surface area contributed by atoms with E-state index in [1.54, 1.807) is 0 Å². The third-order valence-corrected chi connectivity index (χ3v) is 2.17. The molecule has 84 valence electrons. The Kier molecular flexibility index (Phi) is 3.05. The quantitative estimate of drug-likeness (QED) is 0.747. The number of nitrogens with two attached hydrogens (primary N) is 1. The first-order chi connectivity index (χ1) is 7.75. The molecule has 2 aromatic rings. The molecule has 1 aromatic heterocycles. The smallest absolute Gasteiger partial charge is 0.295 e. The van der Waals surface area contributed by atoms with Crippen LogP contribution in [-0.4, -0.2) is 17.4 Å². The van der Waals surface area contributed by atoms with Crippen LogP contribution in [0.25, 0.3) is 11.1 Å². The number of anilines is 1. The van der Waals surface area contributed by atoms with E-state index in [1.165, 1.54) is 0 Å². The molecule has 5 heteroatoms. The molecule has 1 aromatic carbocycles. The number of benzene rings is 1. The predicted octanol–water partition coefficient (Wildman–Crippen LogP) is 1.51. The molecule has 0 saturated heterocycles. The molecule has 0 radical (unpaired) electrons. The Hall–Kier alpha value is -2.04. The van der Waals surface area contributed by atoms with Crippen molar-refractivity contribution in [3.63, 3.8) is 0 Å². The molecule has 0 spiro atoms. The van der Waals surface area contributed by atoms with E-state index in [-0.39, 0.29) is 5.91 Å². The van der Waals surface area contributed by atoms with Crippen molar-refractivity contribution < 1.29 is 9.21 Å². The summed E-state index contributed by atoms with van der Waals surface area (Å²) in [7, 11) is 0. The van der Waals surface area contributed by atoms with Crippen LogP contribution >= 0.6 is 0 Å². The molecule has 5 nitrogen and oxygen atoms in total. The van der Waals surface area contributed by atoms with Crippen molar-refractivity contribution >= 4 is 23.0 Å². The Balaban J connectivity index is 1.92. The molecule has 0 atom stereocenters. The summed E-state index contributed by atoms with van der Waals surface area (Å²) >= 11 is 0. The minimum Gasteiger partial charge on any atom is -0.424 e. The SMILES string of the molecule is NC(=O)CCCNc1nc2ccccc2o1. The van der Waals surface area contributed by atoms with Gasteiger partial charge in [-0.05, 0) is 18.6 Å². The van der Waals surface area contributed by atoms with Gasteiger partial charge in [0, 0.05) is 13.0 Å². The number of carbonyl (C=O) groups is 1. The lowest BCUT2D eigenvalue weighted by Crippen LogP contribution is -2.12. The maximum absolute atomic E-state index is 10.5. The second kappa shape index (κ2) is 4.65. The van der Waals surface area contributed by atoms with Crippen LogP contribution in [0.2, 0.25) is 0 Å². The summed E-state index contributed by atoms with van der Waals surface area (Å²) < 4.78 is 5.44. The van der Waals surface area contributed by atoms with Crippen LogP contribution in [-0.2, 0) is 4.79 Å². The number of nitrogens with zero attached hydrogens (tertiary/aromatic N) is 1. The Morgan fingerprint density at radius 1 is 1.44 bits per heavy atom. The average molecular weight is 219 g/mol. The molecular weight excluding hydrogens is 206 g/mol. The Morgan fingerprint density at radius 3 is 3.00 bits per heavy atom. The molecule has 2 rings (SSSR count). The lowest BCUT2D eigenvalue weighted by Gasteiger charge is -1.98. The molecule has 0 saturated carbocycles. The van der Waals surface area contributed by atoms with Gasteiger partial charge in [-0.15, -0.1) is 0 Å². The third kappa shape index (κ3) is 2.50. The number of para-hydroxylation sites is 2. The number of carbonyl (C=O) groups excluding carboxylic acids is 1. The van der Waals surface area contributed by atoms with E-state index in [1.807, 2.05) is 24.3 Å². The van der Waals surface area contributed by atoms with Crippen LogP contribution in [0, 0.1) is 0 Å². The molecule has 1 amide bonds. The highest BCUT2D eigenvalue weighted by Crippen LogP contribution is 2.17. The fourth-order valence-electron chi connectivity index (χ4n) is 1.41. The largest absolute Gasteiger partial charge is 0.424 e. The van der Waals surface area contributed by atoms with Crippen LogP contribution in [0.3, 0.4) is 0 Å². The van der Waals surface area contributed by atoms with Gasteiger partial charge in [-0.1, -0.05) is 12.1 Å². The predicted molar refractivity (Wildman–Crippen MR) is 60.9 cm³/mol. The van der Waals surface area contributed by atoms with Crippen molar-refractivity contribution in [2.24, 2.45) is 5.73 Å². The molecule has 1 heterocycles. The number of rotatable bonds is 5. The standard InChI is InChI=1S/C11H13N3O2/c12-10(15)6-3-7-13-11-14-8-4-1-2-5-9(8)16-11/h1-2,4-5H,3,6-7H2,(H2,12,15)(H,13,14). The highest BCUT2D eigenvalue weighted by molar-refractivity contribution is 5.74. The molecule has 0 aliphatic carbocycles. The summed E-state index contributed by atoms with van der Waals surface area (Å²) in [5.41, 5.74) is 6.60. The molecule has 16 heavy (non-hydrogen) atoms. The zero-order valence-electron chi connectivity index (χ0n) is 8.77. The van der Waals surface area contributed by atoms with Crippen LogP contribution in [0.5, 0.6) is 0 Å². The Labute approximate surface area is 92.6 Å². The van der Waals surface area contributed by atoms with Crippen molar-refractivity contribution in [3.8, 4) is 0 Å². The number of nitrogens with one attached hydrogen (secondary N) is 1. The van der Waals surface area contributed by atoms with E-state index in [4.69, 9.17) is 10.2 Å². The van der Waals surface area contributed by atoms with Crippen LogP contribution < -0.4 is 11.1 Å². The van der Waals surface area contributed by atoms with E-state index in [2.05, 4.69) is 10.3 Å². The summed E-state index contributed by atoms with van der Waals surface area (Å²) in [5, 5.41) is 3.00. The minimum absolute atomic E-state index is 0.292. The van der Waals surface area contributed by atoms with Gasteiger partial charge >= 0.3 is 0 Å². The number of primary amides is 1. The van der Waals surface area contributed by atoms with Crippen LogP contribution in [0.4, 0.5) is 6.01 Å². The van der Waals surface area contributed by atoms with Crippen molar-refractivity contribution in [2.75, 3.05) is 11.9 Å². The van der Waals surface area contributed by atoms with Gasteiger partial charge in [0.25, 0.3) is 6.01 Å². The van der Waals surface area contributed by atoms with Crippen LogP contribution in [0.1, 0.15) is 12.8 Å². The van der Waals surface area contributed by atoms with Crippen molar-refractivity contribution in [1.82, 2.24) is 4.98 Å². The van der Waals surface area contributed by atoms with E-state index < -0.39 is 0 Å². The van der Waals surface area contributed by atoms with Crippen molar-refractivity contribution in [2.45, 2.75) is 12.8 Å². The first-order valence-corrected chi connectivity index (χ1v) is 5.13. The summed E-state index contributed by atoms with van der Waals surface area (Å²) in [6.45, 7) is 0.621. The second-order valence-electron chi connectivity index (χ2n) is 3.48. The molecule has 0 aliphatic heterocycles.